The predicted octanol–water partition coefficient (Wildman–Crippen LogP) is 3.57. The quantitative estimate of drug-likeness (QED) is 0.484. The van der Waals surface area contributed by atoms with Gasteiger partial charge >= 0.3 is 5.97 Å². The third kappa shape index (κ3) is 4.37. The van der Waals surface area contributed by atoms with Gasteiger partial charge in [-0.1, -0.05) is 31.5 Å². The zero-order valence-electron chi connectivity index (χ0n) is 17.7. The van der Waals surface area contributed by atoms with Crippen LogP contribution >= 0.6 is 0 Å². The Morgan fingerprint density at radius 3 is 2.76 bits per heavy atom. The number of benzene rings is 1. The zero-order valence-corrected chi connectivity index (χ0v) is 17.7. The van der Waals surface area contributed by atoms with Gasteiger partial charge in [0, 0.05) is 36.3 Å². The molecule has 3 rings (SSSR count). The number of esters is 1. The van der Waals surface area contributed by atoms with Gasteiger partial charge < -0.3 is 19.4 Å². The number of ether oxygens (including phenoxy) is 2. The number of hydrogen-bond donors (Lipinski definition) is 1. The lowest BCUT2D eigenvalue weighted by Crippen LogP contribution is -2.35. The predicted molar refractivity (Wildman–Crippen MR) is 113 cm³/mol. The van der Waals surface area contributed by atoms with E-state index in [1.807, 2.05) is 18.2 Å². The highest BCUT2D eigenvalue weighted by atomic mass is 16.5. The van der Waals surface area contributed by atoms with E-state index in [1.165, 1.54) is 20.5 Å². The van der Waals surface area contributed by atoms with Crippen LogP contribution in [0, 0.1) is 11.8 Å². The molecule has 1 aliphatic rings. The molecular weight excluding hydrogens is 368 g/mol. The lowest BCUT2D eigenvalue weighted by molar-refractivity contribution is -0.137. The molecule has 0 saturated heterocycles. The second kappa shape index (κ2) is 9.27. The topological polar surface area (TPSA) is 71.6 Å². The number of ketones is 1. The number of carbonyl (C=O) groups excluding carboxylic acids is 2. The summed E-state index contributed by atoms with van der Waals surface area (Å²) in [6.07, 6.45) is 3.32. The standard InChI is InChI=1S/C23H30N2O4/c1-5-15-13-25(2)11-10-17-16-8-6-7-9-20(16)24-22(17)21(26)12-18(15)19(14-28-3)23(27)29-4/h6-9,14-15,18,24H,5,10-13H2,1-4H3/b19-14-/t15-,18-/m1/s1. The van der Waals surface area contributed by atoms with Crippen molar-refractivity contribution in [1.29, 1.82) is 0 Å². The fourth-order valence-electron chi connectivity index (χ4n) is 4.40. The lowest BCUT2D eigenvalue weighted by Gasteiger charge is -2.31. The van der Waals surface area contributed by atoms with E-state index >= 15 is 0 Å². The van der Waals surface area contributed by atoms with E-state index in [4.69, 9.17) is 9.47 Å². The number of fused-ring (bicyclic) bond motifs is 3. The summed E-state index contributed by atoms with van der Waals surface area (Å²) in [6.45, 7) is 3.73. The Kier molecular flexibility index (Phi) is 6.75. The number of hydrogen-bond acceptors (Lipinski definition) is 5. The van der Waals surface area contributed by atoms with Crippen molar-refractivity contribution >= 4 is 22.7 Å². The highest BCUT2D eigenvalue weighted by Gasteiger charge is 2.34. The molecule has 0 unspecified atom stereocenters. The van der Waals surface area contributed by atoms with E-state index in [0.717, 1.165) is 42.4 Å². The van der Waals surface area contributed by atoms with Gasteiger partial charge in [-0.05, 0) is 31.0 Å². The van der Waals surface area contributed by atoms with Crippen molar-refractivity contribution in [2.45, 2.75) is 26.2 Å². The zero-order chi connectivity index (χ0) is 21.0. The van der Waals surface area contributed by atoms with E-state index in [0.29, 0.717) is 11.3 Å². The van der Waals surface area contributed by atoms with Crippen LogP contribution in [0.4, 0.5) is 0 Å². The number of H-pyrrole nitrogens is 1. The van der Waals surface area contributed by atoms with Gasteiger partial charge in [-0.15, -0.1) is 0 Å². The molecule has 0 fully saturated rings. The van der Waals surface area contributed by atoms with Gasteiger partial charge in [0.2, 0.25) is 0 Å². The van der Waals surface area contributed by atoms with E-state index in [-0.39, 0.29) is 24.0 Å². The molecule has 0 bridgehead atoms. The Labute approximate surface area is 171 Å². The van der Waals surface area contributed by atoms with Crippen LogP contribution in [0.5, 0.6) is 0 Å². The molecule has 2 aromatic rings. The lowest BCUT2D eigenvalue weighted by atomic mass is 9.79. The van der Waals surface area contributed by atoms with E-state index < -0.39 is 5.97 Å². The summed E-state index contributed by atoms with van der Waals surface area (Å²) < 4.78 is 10.2. The molecule has 2 atom stereocenters. The van der Waals surface area contributed by atoms with Crippen LogP contribution in [0.25, 0.3) is 10.9 Å². The largest absolute Gasteiger partial charge is 0.504 e. The van der Waals surface area contributed by atoms with Gasteiger partial charge in [-0.2, -0.15) is 0 Å². The molecule has 1 N–H and O–H groups in total. The summed E-state index contributed by atoms with van der Waals surface area (Å²) in [5.41, 5.74) is 3.10. The minimum Gasteiger partial charge on any atom is -0.504 e. The Morgan fingerprint density at radius 2 is 2.07 bits per heavy atom. The van der Waals surface area contributed by atoms with Crippen LogP contribution in [0.1, 0.15) is 35.8 Å². The molecule has 6 heteroatoms. The van der Waals surface area contributed by atoms with Crippen LogP contribution in [-0.4, -0.2) is 56.0 Å². The maximum absolute atomic E-state index is 13.4. The van der Waals surface area contributed by atoms with Crippen molar-refractivity contribution < 1.29 is 19.1 Å². The van der Waals surface area contributed by atoms with E-state index in [9.17, 15) is 9.59 Å². The first kappa shape index (κ1) is 21.1. The van der Waals surface area contributed by atoms with Crippen molar-refractivity contribution in [3.8, 4) is 0 Å². The number of aromatic nitrogens is 1. The maximum Gasteiger partial charge on any atom is 0.337 e. The Balaban J connectivity index is 2.09. The first-order chi connectivity index (χ1) is 14.0. The molecule has 0 amide bonds. The number of para-hydroxylation sites is 1. The average Bonchev–Trinajstić information content (AvgIpc) is 3.11. The van der Waals surface area contributed by atoms with Crippen LogP contribution in [0.2, 0.25) is 0 Å². The first-order valence-corrected chi connectivity index (χ1v) is 10.1. The number of aromatic amines is 1. The van der Waals surface area contributed by atoms with Crippen molar-refractivity contribution in [3.05, 3.63) is 47.4 Å². The normalized spacial score (nSPS) is 21.7. The van der Waals surface area contributed by atoms with Gasteiger partial charge in [0.25, 0.3) is 0 Å². The number of likely N-dealkylation sites (N-methyl/N-ethyl adjacent to an activating group) is 1. The number of carbonyl (C=O) groups is 2. The number of nitrogens with one attached hydrogen (secondary N) is 1. The van der Waals surface area contributed by atoms with Gasteiger partial charge in [0.05, 0.1) is 31.7 Å². The van der Waals surface area contributed by atoms with Crippen molar-refractivity contribution in [3.63, 3.8) is 0 Å². The molecule has 156 valence electrons. The summed E-state index contributed by atoms with van der Waals surface area (Å²) in [5.74, 6) is -0.565. The molecule has 6 nitrogen and oxygen atoms in total. The Bertz CT molecular complexity index is 915. The summed E-state index contributed by atoms with van der Waals surface area (Å²) >= 11 is 0. The first-order valence-electron chi connectivity index (χ1n) is 10.1. The highest BCUT2D eigenvalue weighted by Crippen LogP contribution is 2.33. The van der Waals surface area contributed by atoms with Gasteiger partial charge in [-0.3, -0.25) is 4.79 Å². The molecule has 0 spiro atoms. The molecule has 1 aliphatic heterocycles. The van der Waals surface area contributed by atoms with Gasteiger partial charge in [-0.25, -0.2) is 4.79 Å². The highest BCUT2D eigenvalue weighted by molar-refractivity contribution is 6.03. The number of nitrogens with zero attached hydrogens (tertiary/aromatic N) is 1. The summed E-state index contributed by atoms with van der Waals surface area (Å²) in [7, 11) is 4.96. The second-order valence-electron chi connectivity index (χ2n) is 7.74. The smallest absolute Gasteiger partial charge is 0.337 e. The molecule has 2 heterocycles. The third-order valence-electron chi connectivity index (χ3n) is 5.95. The minimum atomic E-state index is -0.445. The van der Waals surface area contributed by atoms with Crippen LogP contribution in [-0.2, 0) is 20.7 Å². The van der Waals surface area contributed by atoms with Crippen LogP contribution in [0.3, 0.4) is 0 Å². The SMILES string of the molecule is CC[C@@H]1CN(C)CCc2c([nH]c3ccccc23)C(=O)C[C@H]1/C(=C/OC)C(=O)OC. The molecule has 29 heavy (non-hydrogen) atoms. The number of rotatable bonds is 4. The molecular formula is C23H30N2O4. The Morgan fingerprint density at radius 1 is 1.31 bits per heavy atom. The molecule has 0 saturated carbocycles. The van der Waals surface area contributed by atoms with E-state index in [1.54, 1.807) is 0 Å². The number of Topliss-reactive ketones (excluding diaryl/α,β-unsaturated/α-hetero) is 1. The minimum absolute atomic E-state index is 0.0232. The fourth-order valence-corrected chi connectivity index (χ4v) is 4.40. The second-order valence-corrected chi connectivity index (χ2v) is 7.74. The fraction of sp³-hybridized carbons (Fsp3) is 0.478. The van der Waals surface area contributed by atoms with Gasteiger partial charge in [0.15, 0.2) is 5.78 Å². The van der Waals surface area contributed by atoms with E-state index in [2.05, 4.69) is 29.9 Å². The third-order valence-corrected chi connectivity index (χ3v) is 5.95. The van der Waals surface area contributed by atoms with Crippen molar-refractivity contribution in [2.24, 2.45) is 11.8 Å². The molecule has 1 aromatic carbocycles. The summed E-state index contributed by atoms with van der Waals surface area (Å²) in [6, 6.07) is 8.01. The molecule has 1 aromatic heterocycles. The summed E-state index contributed by atoms with van der Waals surface area (Å²) in [5, 5.41) is 1.09. The van der Waals surface area contributed by atoms with Gasteiger partial charge in [0.1, 0.15) is 0 Å². The maximum atomic E-state index is 13.4. The molecule has 0 aliphatic carbocycles. The summed E-state index contributed by atoms with van der Waals surface area (Å²) in [4.78, 5) is 31.5. The number of methoxy groups -OCH3 is 2. The Hall–Kier alpha value is -2.60. The van der Waals surface area contributed by atoms with Crippen LogP contribution < -0.4 is 0 Å². The average molecular weight is 399 g/mol. The van der Waals surface area contributed by atoms with Crippen LogP contribution in [0.15, 0.2) is 36.1 Å². The molecule has 0 radical (unpaired) electrons. The van der Waals surface area contributed by atoms with Crippen molar-refractivity contribution in [1.82, 2.24) is 9.88 Å². The van der Waals surface area contributed by atoms with Crippen molar-refractivity contribution in [2.75, 3.05) is 34.4 Å². The monoisotopic (exact) mass is 398 g/mol.